The Kier molecular flexibility index (Phi) is 7.07. The van der Waals surface area contributed by atoms with E-state index in [9.17, 15) is 5.26 Å². The van der Waals surface area contributed by atoms with E-state index in [1.807, 2.05) is 12.1 Å². The van der Waals surface area contributed by atoms with Crippen LogP contribution < -0.4 is 0 Å². The summed E-state index contributed by atoms with van der Waals surface area (Å²) in [5.74, 6) is 0.468. The molecule has 1 unspecified atom stereocenters. The normalized spacial score (nSPS) is 15.4. The molecule has 1 atom stereocenters. The molecule has 4 rings (SSSR count). The molecule has 1 aliphatic carbocycles. The van der Waals surface area contributed by atoms with Crippen LogP contribution in [0.4, 0.5) is 0 Å². The van der Waals surface area contributed by atoms with Crippen LogP contribution in [0.5, 0.6) is 0 Å². The molecule has 0 bridgehead atoms. The number of halogens is 1. The van der Waals surface area contributed by atoms with Crippen molar-refractivity contribution in [1.82, 2.24) is 4.90 Å². The summed E-state index contributed by atoms with van der Waals surface area (Å²) in [5.41, 5.74) is 3.38. The number of nitrogens with zero attached hydrogens (tertiary/aromatic N) is 2. The maximum atomic E-state index is 10.2. The first-order valence-corrected chi connectivity index (χ1v) is 11.5. The fourth-order valence-electron chi connectivity index (χ4n) is 4.60. The molecule has 1 saturated carbocycles. The van der Waals surface area contributed by atoms with Gasteiger partial charge in [0.15, 0.2) is 0 Å². The number of nitriles is 1. The van der Waals surface area contributed by atoms with Gasteiger partial charge in [-0.2, -0.15) is 5.26 Å². The highest BCUT2D eigenvalue weighted by molar-refractivity contribution is 6.30. The summed E-state index contributed by atoms with van der Waals surface area (Å²) in [6.07, 6.45) is 4.17. The largest absolute Gasteiger partial charge is 0.295 e. The molecule has 158 valence electrons. The number of benzene rings is 3. The minimum absolute atomic E-state index is 0.393. The molecule has 0 spiro atoms. The molecule has 0 heterocycles. The average Bonchev–Trinajstić information content (AvgIpc) is 3.65. The van der Waals surface area contributed by atoms with Crippen molar-refractivity contribution < 1.29 is 0 Å². The highest BCUT2D eigenvalue weighted by atomic mass is 35.5. The van der Waals surface area contributed by atoms with Crippen molar-refractivity contribution in [2.24, 2.45) is 5.92 Å². The number of hydrogen-bond acceptors (Lipinski definition) is 2. The molecule has 3 aromatic carbocycles. The molecule has 0 radical (unpaired) electrons. The highest BCUT2D eigenvalue weighted by Gasteiger charge is 2.46. The minimum atomic E-state index is -0.393. The lowest BCUT2D eigenvalue weighted by molar-refractivity contribution is 0.241. The van der Waals surface area contributed by atoms with Gasteiger partial charge in [0.2, 0.25) is 0 Å². The van der Waals surface area contributed by atoms with Gasteiger partial charge in [-0.1, -0.05) is 84.4 Å². The van der Waals surface area contributed by atoms with Crippen LogP contribution in [0, 0.1) is 17.2 Å². The molecule has 1 aliphatic rings. The van der Waals surface area contributed by atoms with Crippen LogP contribution in [0.2, 0.25) is 5.02 Å². The van der Waals surface area contributed by atoms with Gasteiger partial charge in [-0.25, -0.2) is 0 Å². The fourth-order valence-corrected chi connectivity index (χ4v) is 4.72. The second kappa shape index (κ2) is 10.1. The van der Waals surface area contributed by atoms with E-state index in [0.717, 1.165) is 55.9 Å². The van der Waals surface area contributed by atoms with Crippen LogP contribution in [-0.4, -0.2) is 11.4 Å². The lowest BCUT2D eigenvalue weighted by Crippen LogP contribution is -2.30. The van der Waals surface area contributed by atoms with Gasteiger partial charge in [-0.3, -0.25) is 4.90 Å². The van der Waals surface area contributed by atoms with E-state index in [0.29, 0.717) is 5.92 Å². The van der Waals surface area contributed by atoms with Crippen molar-refractivity contribution >= 4 is 11.6 Å². The number of rotatable bonds is 10. The molecule has 0 N–H and O–H groups in total. The molecule has 0 aliphatic heterocycles. The monoisotopic (exact) mass is 428 g/mol. The standard InChI is InChI=1S/C28H29ClN2/c29-27-16-14-26(15-17-27)28(22-30,25-12-13-25)18-7-19-31(20-23-8-3-1-4-9-23)21-24-10-5-2-6-11-24/h1-6,8-11,14-17,25H,7,12-13,18-21H2. The maximum Gasteiger partial charge on any atom is 0.0850 e. The minimum Gasteiger partial charge on any atom is -0.295 e. The summed E-state index contributed by atoms with van der Waals surface area (Å²) in [5, 5.41) is 11.0. The second-order valence-electron chi connectivity index (χ2n) is 8.65. The Balaban J connectivity index is 1.47. The van der Waals surface area contributed by atoms with Gasteiger partial charge < -0.3 is 0 Å². The van der Waals surface area contributed by atoms with Gasteiger partial charge in [0, 0.05) is 18.1 Å². The molecule has 0 aromatic heterocycles. The van der Waals surface area contributed by atoms with E-state index < -0.39 is 5.41 Å². The zero-order valence-electron chi connectivity index (χ0n) is 17.9. The van der Waals surface area contributed by atoms with Gasteiger partial charge >= 0.3 is 0 Å². The lowest BCUT2D eigenvalue weighted by Gasteiger charge is -2.29. The molecule has 0 saturated heterocycles. The van der Waals surface area contributed by atoms with Crippen molar-refractivity contribution in [2.75, 3.05) is 6.54 Å². The van der Waals surface area contributed by atoms with Crippen LogP contribution in [0.25, 0.3) is 0 Å². The fraction of sp³-hybridized carbons (Fsp3) is 0.321. The van der Waals surface area contributed by atoms with Crippen LogP contribution >= 0.6 is 11.6 Å². The van der Waals surface area contributed by atoms with Crippen molar-refractivity contribution in [3.05, 3.63) is 107 Å². The Morgan fingerprint density at radius 1 is 0.839 bits per heavy atom. The van der Waals surface area contributed by atoms with Crippen LogP contribution in [0.3, 0.4) is 0 Å². The van der Waals surface area contributed by atoms with Gasteiger partial charge in [0.05, 0.1) is 11.5 Å². The van der Waals surface area contributed by atoms with Gasteiger partial charge in [-0.15, -0.1) is 0 Å². The number of hydrogen-bond donors (Lipinski definition) is 0. The zero-order chi connectivity index (χ0) is 21.5. The quantitative estimate of drug-likeness (QED) is 0.347. The molecule has 3 heteroatoms. The van der Waals surface area contributed by atoms with Crippen molar-refractivity contribution in [3.63, 3.8) is 0 Å². The van der Waals surface area contributed by atoms with Crippen LogP contribution in [0.15, 0.2) is 84.9 Å². The molecule has 0 amide bonds. The second-order valence-corrected chi connectivity index (χ2v) is 9.09. The van der Waals surface area contributed by atoms with E-state index in [1.54, 1.807) is 0 Å². The first kappa shape index (κ1) is 21.6. The van der Waals surface area contributed by atoms with Crippen LogP contribution in [-0.2, 0) is 18.5 Å². The molecule has 31 heavy (non-hydrogen) atoms. The Hall–Kier alpha value is -2.60. The summed E-state index contributed by atoms with van der Waals surface area (Å²) in [6.45, 7) is 2.80. The molecular weight excluding hydrogens is 400 g/mol. The third-order valence-electron chi connectivity index (χ3n) is 6.38. The van der Waals surface area contributed by atoms with Gasteiger partial charge in [0.1, 0.15) is 0 Å². The first-order valence-electron chi connectivity index (χ1n) is 11.2. The lowest BCUT2D eigenvalue weighted by atomic mass is 9.74. The van der Waals surface area contributed by atoms with Crippen molar-refractivity contribution in [1.29, 1.82) is 5.26 Å². The Labute approximate surface area is 191 Å². The SMILES string of the molecule is N#CC(CCCN(Cc1ccccc1)Cc1ccccc1)(c1ccc(Cl)cc1)C1CC1. The summed E-state index contributed by atoms with van der Waals surface area (Å²) in [7, 11) is 0. The van der Waals surface area contributed by atoms with Crippen LogP contribution in [0.1, 0.15) is 42.4 Å². The Bertz CT molecular complexity index is 949. The summed E-state index contributed by atoms with van der Waals surface area (Å²) >= 11 is 6.11. The van der Waals surface area contributed by atoms with E-state index in [2.05, 4.69) is 83.8 Å². The first-order chi connectivity index (χ1) is 15.2. The molecule has 2 nitrogen and oxygen atoms in total. The van der Waals surface area contributed by atoms with Gasteiger partial charge in [-0.05, 0) is 67.0 Å². The third-order valence-corrected chi connectivity index (χ3v) is 6.63. The van der Waals surface area contributed by atoms with E-state index in [-0.39, 0.29) is 0 Å². The van der Waals surface area contributed by atoms with Crippen molar-refractivity contribution in [3.8, 4) is 6.07 Å². The third kappa shape index (κ3) is 5.56. The van der Waals surface area contributed by atoms with E-state index in [4.69, 9.17) is 11.6 Å². The maximum absolute atomic E-state index is 10.2. The van der Waals surface area contributed by atoms with E-state index in [1.165, 1.54) is 11.1 Å². The smallest absolute Gasteiger partial charge is 0.0850 e. The zero-order valence-corrected chi connectivity index (χ0v) is 18.6. The summed E-state index contributed by atoms with van der Waals surface area (Å²) < 4.78 is 0. The summed E-state index contributed by atoms with van der Waals surface area (Å²) in [6, 6.07) is 32.0. The molecule has 1 fully saturated rings. The average molecular weight is 429 g/mol. The molecular formula is C28H29ClN2. The van der Waals surface area contributed by atoms with Crippen molar-refractivity contribution in [2.45, 2.75) is 44.2 Å². The van der Waals surface area contributed by atoms with Gasteiger partial charge in [0.25, 0.3) is 0 Å². The summed E-state index contributed by atoms with van der Waals surface area (Å²) in [4.78, 5) is 2.50. The van der Waals surface area contributed by atoms with E-state index >= 15 is 0 Å². The predicted octanol–water partition coefficient (Wildman–Crippen LogP) is 6.99. The Morgan fingerprint density at radius 2 is 1.39 bits per heavy atom. The highest BCUT2D eigenvalue weighted by Crippen LogP contribution is 2.50. The topological polar surface area (TPSA) is 27.0 Å². The molecule has 3 aromatic rings. The Morgan fingerprint density at radius 3 is 1.87 bits per heavy atom. The predicted molar refractivity (Wildman–Crippen MR) is 128 cm³/mol.